The summed E-state index contributed by atoms with van der Waals surface area (Å²) in [4.78, 5) is 29.5. The molecule has 3 atom stereocenters. The topological polar surface area (TPSA) is 49.9 Å². The van der Waals surface area contributed by atoms with E-state index in [1.807, 2.05) is 72.6 Å². The summed E-state index contributed by atoms with van der Waals surface area (Å²) in [5.74, 6) is -0.182. The molecule has 3 aliphatic rings. The van der Waals surface area contributed by atoms with E-state index in [4.69, 9.17) is 4.74 Å². The SMILES string of the molecule is C[C@]12Oc3ccccc3N1C=C[C@@H](c1ccccc1)[C@@H]2C(=O)N1CCCC1=O. The number of imide groups is 1. The number of amides is 2. The highest BCUT2D eigenvalue weighted by molar-refractivity contribution is 5.99. The Hall–Kier alpha value is -3.08. The predicted octanol–water partition coefficient (Wildman–Crippen LogP) is 3.68. The normalized spacial score (nSPS) is 28.1. The monoisotopic (exact) mass is 374 g/mol. The van der Waals surface area contributed by atoms with Crippen molar-refractivity contribution < 1.29 is 14.3 Å². The van der Waals surface area contributed by atoms with Crippen molar-refractivity contribution in [2.24, 2.45) is 5.92 Å². The molecule has 0 radical (unpaired) electrons. The van der Waals surface area contributed by atoms with Gasteiger partial charge >= 0.3 is 0 Å². The van der Waals surface area contributed by atoms with Gasteiger partial charge in [-0.25, -0.2) is 0 Å². The quantitative estimate of drug-likeness (QED) is 0.753. The van der Waals surface area contributed by atoms with Crippen molar-refractivity contribution in [1.29, 1.82) is 0 Å². The van der Waals surface area contributed by atoms with Crippen LogP contribution in [0, 0.1) is 5.92 Å². The molecule has 2 aromatic carbocycles. The summed E-state index contributed by atoms with van der Waals surface area (Å²) >= 11 is 0. The summed E-state index contributed by atoms with van der Waals surface area (Å²) in [5, 5.41) is 0. The molecule has 0 bridgehead atoms. The van der Waals surface area contributed by atoms with E-state index in [0.29, 0.717) is 13.0 Å². The lowest BCUT2D eigenvalue weighted by Gasteiger charge is -2.45. The number of anilines is 1. The van der Waals surface area contributed by atoms with Crippen LogP contribution in [0.5, 0.6) is 5.75 Å². The van der Waals surface area contributed by atoms with E-state index in [0.717, 1.165) is 23.4 Å². The predicted molar refractivity (Wildman–Crippen MR) is 106 cm³/mol. The van der Waals surface area contributed by atoms with Crippen molar-refractivity contribution >= 4 is 17.5 Å². The fraction of sp³-hybridized carbons (Fsp3) is 0.304. The third kappa shape index (κ3) is 2.39. The summed E-state index contributed by atoms with van der Waals surface area (Å²) < 4.78 is 6.39. The van der Waals surface area contributed by atoms with Gasteiger partial charge in [-0.1, -0.05) is 48.5 Å². The van der Waals surface area contributed by atoms with Crippen LogP contribution in [0.15, 0.2) is 66.9 Å². The average Bonchev–Trinajstić information content (AvgIpc) is 3.27. The van der Waals surface area contributed by atoms with Gasteiger partial charge in [0.05, 0.1) is 5.69 Å². The number of nitrogens with zero attached hydrogens (tertiary/aromatic N) is 2. The van der Waals surface area contributed by atoms with Crippen LogP contribution in [-0.2, 0) is 9.59 Å². The molecule has 0 unspecified atom stereocenters. The van der Waals surface area contributed by atoms with E-state index in [9.17, 15) is 9.59 Å². The molecule has 5 heteroatoms. The molecule has 5 rings (SSSR count). The van der Waals surface area contributed by atoms with Crippen LogP contribution in [0.25, 0.3) is 0 Å². The molecule has 1 saturated heterocycles. The molecule has 2 aromatic rings. The van der Waals surface area contributed by atoms with Crippen LogP contribution in [0.1, 0.15) is 31.2 Å². The van der Waals surface area contributed by atoms with Gasteiger partial charge in [-0.05, 0) is 31.0 Å². The molecule has 0 aliphatic carbocycles. The van der Waals surface area contributed by atoms with Crippen molar-refractivity contribution in [1.82, 2.24) is 4.90 Å². The first-order chi connectivity index (χ1) is 13.6. The summed E-state index contributed by atoms with van der Waals surface area (Å²) in [5.41, 5.74) is 1.10. The fourth-order valence-corrected chi connectivity index (χ4v) is 4.73. The second-order valence-corrected chi connectivity index (χ2v) is 7.74. The fourth-order valence-electron chi connectivity index (χ4n) is 4.73. The number of benzene rings is 2. The van der Waals surface area contributed by atoms with E-state index in [1.54, 1.807) is 0 Å². The van der Waals surface area contributed by atoms with Crippen LogP contribution in [0.2, 0.25) is 0 Å². The molecule has 1 fully saturated rings. The molecular weight excluding hydrogens is 352 g/mol. The lowest BCUT2D eigenvalue weighted by atomic mass is 9.76. The van der Waals surface area contributed by atoms with E-state index in [1.165, 1.54) is 4.90 Å². The number of rotatable bonds is 2. The van der Waals surface area contributed by atoms with E-state index >= 15 is 0 Å². The maximum atomic E-state index is 13.7. The number of hydrogen-bond acceptors (Lipinski definition) is 4. The Morgan fingerprint density at radius 3 is 2.61 bits per heavy atom. The zero-order valence-corrected chi connectivity index (χ0v) is 15.7. The van der Waals surface area contributed by atoms with E-state index in [-0.39, 0.29) is 17.7 Å². The van der Waals surface area contributed by atoms with Crippen LogP contribution in [0.4, 0.5) is 5.69 Å². The Labute approximate surface area is 164 Å². The second-order valence-electron chi connectivity index (χ2n) is 7.74. The molecule has 3 aliphatic heterocycles. The summed E-state index contributed by atoms with van der Waals surface area (Å²) in [6.45, 7) is 2.44. The zero-order valence-electron chi connectivity index (χ0n) is 15.7. The molecule has 3 heterocycles. The maximum absolute atomic E-state index is 13.7. The first kappa shape index (κ1) is 17.0. The number of carbonyl (C=O) groups is 2. The highest BCUT2D eigenvalue weighted by Gasteiger charge is 2.57. The van der Waals surface area contributed by atoms with Crippen LogP contribution < -0.4 is 9.64 Å². The molecule has 0 N–H and O–H groups in total. The Morgan fingerprint density at radius 2 is 1.86 bits per heavy atom. The number of likely N-dealkylation sites (tertiary alicyclic amines) is 1. The molecule has 2 amide bonds. The lowest BCUT2D eigenvalue weighted by molar-refractivity contribution is -0.149. The van der Waals surface area contributed by atoms with Gasteiger partial charge in [0, 0.05) is 25.1 Å². The molecule has 0 saturated carbocycles. The third-order valence-corrected chi connectivity index (χ3v) is 6.09. The second kappa shape index (κ2) is 6.23. The number of fused-ring (bicyclic) bond motifs is 3. The number of para-hydroxylation sites is 2. The Balaban J connectivity index is 1.63. The summed E-state index contributed by atoms with van der Waals surface area (Å²) in [7, 11) is 0. The molecule has 28 heavy (non-hydrogen) atoms. The van der Waals surface area contributed by atoms with Gasteiger partial charge in [0.2, 0.25) is 11.8 Å². The van der Waals surface area contributed by atoms with Gasteiger partial charge in [-0.3, -0.25) is 14.5 Å². The Bertz CT molecular complexity index is 971. The largest absolute Gasteiger partial charge is 0.465 e. The van der Waals surface area contributed by atoms with Gasteiger partial charge in [-0.15, -0.1) is 0 Å². The van der Waals surface area contributed by atoms with Crippen LogP contribution in [0.3, 0.4) is 0 Å². The zero-order chi connectivity index (χ0) is 19.3. The smallest absolute Gasteiger partial charge is 0.239 e. The average molecular weight is 374 g/mol. The standard InChI is InChI=1S/C23H22N2O3/c1-23-21(22(27)24-14-7-12-20(24)26)17(16-8-3-2-4-9-16)13-15-25(23)18-10-5-6-11-19(18)28-23/h2-6,8-11,13,15,17,21H,7,12,14H2,1H3/t17-,21+,23+/m0/s1. The van der Waals surface area contributed by atoms with Gasteiger partial charge in [0.15, 0.2) is 5.72 Å². The number of carbonyl (C=O) groups excluding carboxylic acids is 2. The minimum absolute atomic E-state index is 0.0861. The Morgan fingerprint density at radius 1 is 1.11 bits per heavy atom. The minimum atomic E-state index is -0.890. The first-order valence-corrected chi connectivity index (χ1v) is 9.74. The van der Waals surface area contributed by atoms with Crippen LogP contribution in [-0.4, -0.2) is 29.0 Å². The van der Waals surface area contributed by atoms with Crippen molar-refractivity contribution in [2.45, 2.75) is 31.4 Å². The highest BCUT2D eigenvalue weighted by Crippen LogP contribution is 2.52. The van der Waals surface area contributed by atoms with Crippen molar-refractivity contribution in [3.63, 3.8) is 0 Å². The summed E-state index contributed by atoms with van der Waals surface area (Å²) in [6.07, 6.45) is 5.24. The van der Waals surface area contributed by atoms with E-state index < -0.39 is 11.6 Å². The molecule has 0 spiro atoms. The highest BCUT2D eigenvalue weighted by atomic mass is 16.5. The van der Waals surface area contributed by atoms with Gasteiger partial charge in [0.1, 0.15) is 11.7 Å². The van der Waals surface area contributed by atoms with Crippen molar-refractivity contribution in [3.8, 4) is 5.75 Å². The number of hydrogen-bond donors (Lipinski definition) is 0. The van der Waals surface area contributed by atoms with Crippen molar-refractivity contribution in [2.75, 3.05) is 11.4 Å². The molecular formula is C23H22N2O3. The van der Waals surface area contributed by atoms with Gasteiger partial charge < -0.3 is 9.64 Å². The molecule has 0 aromatic heterocycles. The molecule has 142 valence electrons. The van der Waals surface area contributed by atoms with Crippen molar-refractivity contribution in [3.05, 3.63) is 72.4 Å². The maximum Gasteiger partial charge on any atom is 0.239 e. The van der Waals surface area contributed by atoms with Crippen LogP contribution >= 0.6 is 0 Å². The lowest BCUT2D eigenvalue weighted by Crippen LogP contribution is -2.60. The Kier molecular flexibility index (Phi) is 3.79. The van der Waals surface area contributed by atoms with E-state index in [2.05, 4.69) is 6.08 Å². The summed E-state index contributed by atoms with van der Waals surface area (Å²) in [6, 6.07) is 17.8. The van der Waals surface area contributed by atoms with Gasteiger partial charge in [-0.2, -0.15) is 0 Å². The minimum Gasteiger partial charge on any atom is -0.465 e. The number of allylic oxidation sites excluding steroid dienone is 1. The van der Waals surface area contributed by atoms with Gasteiger partial charge in [0.25, 0.3) is 0 Å². The number of ether oxygens (including phenoxy) is 1. The first-order valence-electron chi connectivity index (χ1n) is 9.74. The third-order valence-electron chi connectivity index (χ3n) is 6.09. The molecule has 5 nitrogen and oxygen atoms in total.